The van der Waals surface area contributed by atoms with Gasteiger partial charge in [0.05, 0.1) is 0 Å². The quantitative estimate of drug-likeness (QED) is 0.654. The number of hydrogen-bond donors (Lipinski definition) is 1. The van der Waals surface area contributed by atoms with Crippen molar-refractivity contribution in [3.63, 3.8) is 0 Å². The van der Waals surface area contributed by atoms with Crippen molar-refractivity contribution in [2.45, 2.75) is 18.5 Å². The standard InChI is InChI=1S/C8H6ClF5N2/c9-1-3-2-16-7(15)5(8(12,13)14)4(3)6(10)11/h2,6H,1H2,(H2,15,16). The number of aromatic nitrogens is 1. The summed E-state index contributed by atoms with van der Waals surface area (Å²) in [6.45, 7) is 0. The second-order valence-corrected chi connectivity index (χ2v) is 3.16. The Morgan fingerprint density at radius 1 is 1.38 bits per heavy atom. The molecule has 8 heteroatoms. The zero-order chi connectivity index (χ0) is 12.5. The fraction of sp³-hybridized carbons (Fsp3) is 0.375. The third kappa shape index (κ3) is 2.34. The molecule has 0 aliphatic rings. The van der Waals surface area contributed by atoms with Gasteiger partial charge in [-0.25, -0.2) is 13.8 Å². The van der Waals surface area contributed by atoms with Crippen LogP contribution in [0.3, 0.4) is 0 Å². The number of pyridine rings is 1. The molecule has 2 nitrogen and oxygen atoms in total. The molecule has 1 heterocycles. The van der Waals surface area contributed by atoms with E-state index in [0.29, 0.717) is 0 Å². The van der Waals surface area contributed by atoms with Gasteiger partial charge in [0, 0.05) is 17.6 Å². The smallest absolute Gasteiger partial charge is 0.383 e. The van der Waals surface area contributed by atoms with Gasteiger partial charge in [0.2, 0.25) is 0 Å². The van der Waals surface area contributed by atoms with Gasteiger partial charge in [0.1, 0.15) is 11.4 Å². The Morgan fingerprint density at radius 2 is 1.94 bits per heavy atom. The van der Waals surface area contributed by atoms with E-state index in [1.807, 2.05) is 0 Å². The zero-order valence-corrected chi connectivity index (χ0v) is 8.41. The molecular weight excluding hydrogens is 255 g/mol. The van der Waals surface area contributed by atoms with Crippen LogP contribution in [0.5, 0.6) is 0 Å². The van der Waals surface area contributed by atoms with Crippen LogP contribution in [0.4, 0.5) is 27.8 Å². The summed E-state index contributed by atoms with van der Waals surface area (Å²) in [4.78, 5) is 3.20. The summed E-state index contributed by atoms with van der Waals surface area (Å²) in [6.07, 6.45) is -7.47. The SMILES string of the molecule is Nc1ncc(CCl)c(C(F)F)c1C(F)(F)F. The minimum atomic E-state index is -4.98. The van der Waals surface area contributed by atoms with Crippen LogP contribution in [0.25, 0.3) is 0 Å². The Labute approximate surface area is 92.2 Å². The average Bonchev–Trinajstić information content (AvgIpc) is 2.15. The largest absolute Gasteiger partial charge is 0.420 e. The molecule has 0 fully saturated rings. The average molecular weight is 261 g/mol. The number of anilines is 1. The van der Waals surface area contributed by atoms with Crippen LogP contribution < -0.4 is 5.73 Å². The van der Waals surface area contributed by atoms with E-state index in [1.54, 1.807) is 0 Å². The van der Waals surface area contributed by atoms with E-state index < -0.39 is 35.4 Å². The molecule has 16 heavy (non-hydrogen) atoms. The molecule has 0 aliphatic heterocycles. The number of alkyl halides is 6. The molecule has 1 aromatic rings. The molecule has 0 amide bonds. The van der Waals surface area contributed by atoms with Crippen molar-refractivity contribution in [3.05, 3.63) is 22.9 Å². The van der Waals surface area contributed by atoms with E-state index in [4.69, 9.17) is 17.3 Å². The van der Waals surface area contributed by atoms with Gasteiger partial charge in [-0.2, -0.15) is 13.2 Å². The first-order chi connectivity index (χ1) is 7.29. The highest BCUT2D eigenvalue weighted by Gasteiger charge is 2.40. The van der Waals surface area contributed by atoms with Crippen molar-refractivity contribution in [1.82, 2.24) is 4.98 Å². The van der Waals surface area contributed by atoms with E-state index in [0.717, 1.165) is 6.20 Å². The van der Waals surface area contributed by atoms with Gasteiger partial charge in [-0.05, 0) is 5.56 Å². The maximum absolute atomic E-state index is 12.5. The molecule has 0 saturated carbocycles. The molecule has 0 aromatic carbocycles. The number of nitrogen functional groups attached to an aromatic ring is 1. The number of hydrogen-bond acceptors (Lipinski definition) is 2. The molecule has 0 unspecified atom stereocenters. The lowest BCUT2D eigenvalue weighted by Gasteiger charge is -2.16. The number of halogens is 6. The highest BCUT2D eigenvalue weighted by molar-refractivity contribution is 6.17. The second kappa shape index (κ2) is 4.40. The molecule has 0 atom stereocenters. The molecule has 0 spiro atoms. The molecule has 1 aromatic heterocycles. The normalized spacial score (nSPS) is 12.2. The zero-order valence-electron chi connectivity index (χ0n) is 7.65. The number of rotatable bonds is 2. The van der Waals surface area contributed by atoms with Crippen molar-refractivity contribution in [2.75, 3.05) is 5.73 Å². The monoisotopic (exact) mass is 260 g/mol. The Kier molecular flexibility index (Phi) is 3.57. The first-order valence-electron chi connectivity index (χ1n) is 3.97. The maximum Gasteiger partial charge on any atom is 0.420 e. The molecule has 90 valence electrons. The molecule has 0 saturated heterocycles. The van der Waals surface area contributed by atoms with Crippen LogP contribution in [0, 0.1) is 0 Å². The van der Waals surface area contributed by atoms with Gasteiger partial charge in [-0.3, -0.25) is 0 Å². The minimum Gasteiger partial charge on any atom is -0.383 e. The fourth-order valence-electron chi connectivity index (χ4n) is 1.23. The van der Waals surface area contributed by atoms with Crippen LogP contribution >= 0.6 is 11.6 Å². The summed E-state index contributed by atoms with van der Waals surface area (Å²) >= 11 is 5.27. The van der Waals surface area contributed by atoms with Gasteiger partial charge in [0.15, 0.2) is 0 Å². The summed E-state index contributed by atoms with van der Waals surface area (Å²) in [6, 6.07) is 0. The van der Waals surface area contributed by atoms with E-state index in [-0.39, 0.29) is 5.56 Å². The molecule has 0 aliphatic carbocycles. The highest BCUT2D eigenvalue weighted by Crippen LogP contribution is 2.40. The van der Waals surface area contributed by atoms with Crippen molar-refractivity contribution in [2.24, 2.45) is 0 Å². The van der Waals surface area contributed by atoms with Crippen molar-refractivity contribution in [3.8, 4) is 0 Å². The first-order valence-corrected chi connectivity index (χ1v) is 4.51. The van der Waals surface area contributed by atoms with Crippen LogP contribution in [-0.4, -0.2) is 4.98 Å². The summed E-state index contributed by atoms with van der Waals surface area (Å²) in [5.74, 6) is -1.47. The van der Waals surface area contributed by atoms with E-state index in [9.17, 15) is 22.0 Å². The predicted octanol–water partition coefficient (Wildman–Crippen LogP) is 3.36. The Hall–Kier alpha value is -1.11. The lowest BCUT2D eigenvalue weighted by Crippen LogP contribution is -2.16. The summed E-state index contributed by atoms with van der Waals surface area (Å²) in [5, 5.41) is 0. The molecule has 2 N–H and O–H groups in total. The molecule has 0 bridgehead atoms. The number of nitrogens with zero attached hydrogens (tertiary/aromatic N) is 1. The fourth-order valence-corrected chi connectivity index (χ4v) is 1.45. The van der Waals surface area contributed by atoms with Gasteiger partial charge in [-0.15, -0.1) is 11.6 Å². The van der Waals surface area contributed by atoms with Gasteiger partial charge >= 0.3 is 6.18 Å². The van der Waals surface area contributed by atoms with Crippen molar-refractivity contribution >= 4 is 17.4 Å². The Balaban J connectivity index is 3.55. The second-order valence-electron chi connectivity index (χ2n) is 2.89. The third-order valence-corrected chi connectivity index (χ3v) is 2.16. The number of nitrogens with two attached hydrogens (primary N) is 1. The van der Waals surface area contributed by atoms with E-state index in [1.165, 1.54) is 0 Å². The summed E-state index contributed by atoms with van der Waals surface area (Å²) < 4.78 is 62.6. The van der Waals surface area contributed by atoms with Gasteiger partial charge in [-0.1, -0.05) is 0 Å². The lowest BCUT2D eigenvalue weighted by molar-refractivity contribution is -0.139. The van der Waals surface area contributed by atoms with E-state index in [2.05, 4.69) is 4.98 Å². The third-order valence-electron chi connectivity index (χ3n) is 1.88. The molecule has 0 radical (unpaired) electrons. The lowest BCUT2D eigenvalue weighted by atomic mass is 10.0. The molecule has 1 rings (SSSR count). The molecular formula is C8H6ClF5N2. The highest BCUT2D eigenvalue weighted by atomic mass is 35.5. The topological polar surface area (TPSA) is 38.9 Å². The van der Waals surface area contributed by atoms with Crippen LogP contribution in [-0.2, 0) is 12.1 Å². The Bertz CT molecular complexity index is 391. The maximum atomic E-state index is 12.5. The van der Waals surface area contributed by atoms with Crippen molar-refractivity contribution in [1.29, 1.82) is 0 Å². The van der Waals surface area contributed by atoms with Crippen LogP contribution in [0.15, 0.2) is 6.20 Å². The van der Waals surface area contributed by atoms with Gasteiger partial charge in [0.25, 0.3) is 6.43 Å². The van der Waals surface area contributed by atoms with Crippen LogP contribution in [0.2, 0.25) is 0 Å². The van der Waals surface area contributed by atoms with Gasteiger partial charge < -0.3 is 5.73 Å². The minimum absolute atomic E-state index is 0.377. The first kappa shape index (κ1) is 13.0. The summed E-state index contributed by atoms with van der Waals surface area (Å²) in [7, 11) is 0. The summed E-state index contributed by atoms with van der Waals surface area (Å²) in [5.41, 5.74) is 1.78. The van der Waals surface area contributed by atoms with Crippen LogP contribution in [0.1, 0.15) is 23.1 Å². The Morgan fingerprint density at radius 3 is 2.31 bits per heavy atom. The van der Waals surface area contributed by atoms with E-state index >= 15 is 0 Å². The van der Waals surface area contributed by atoms with Crippen molar-refractivity contribution < 1.29 is 22.0 Å². The predicted molar refractivity (Wildman–Crippen MR) is 48.2 cm³/mol.